The summed E-state index contributed by atoms with van der Waals surface area (Å²) in [5, 5.41) is 11.1. The first-order chi connectivity index (χ1) is 16.5. The van der Waals surface area contributed by atoms with Crippen LogP contribution in [-0.4, -0.2) is 72.1 Å². The SMILES string of the molecule is CC(C)Oc1ccc([C@H]2C(=C(O)c3ccccc3)C(=O)C(=O)N2CCCN2CCOCC2)cc1. The number of aliphatic hydroxyl groups excluding tert-OH is 1. The number of morpholine rings is 1. The number of ketones is 1. The van der Waals surface area contributed by atoms with E-state index < -0.39 is 17.7 Å². The van der Waals surface area contributed by atoms with E-state index in [9.17, 15) is 14.7 Å². The number of ether oxygens (including phenoxy) is 2. The summed E-state index contributed by atoms with van der Waals surface area (Å²) in [5.41, 5.74) is 1.40. The molecule has 34 heavy (non-hydrogen) atoms. The van der Waals surface area contributed by atoms with Crippen LogP contribution in [0, 0.1) is 0 Å². The lowest BCUT2D eigenvalue weighted by Crippen LogP contribution is -2.38. The van der Waals surface area contributed by atoms with Crippen molar-refractivity contribution in [2.45, 2.75) is 32.4 Å². The molecule has 180 valence electrons. The Morgan fingerprint density at radius 3 is 2.35 bits per heavy atom. The summed E-state index contributed by atoms with van der Waals surface area (Å²) in [7, 11) is 0. The molecular formula is C27H32N2O5. The third kappa shape index (κ3) is 5.32. The van der Waals surface area contributed by atoms with Crippen LogP contribution in [-0.2, 0) is 14.3 Å². The van der Waals surface area contributed by atoms with Gasteiger partial charge in [-0.3, -0.25) is 14.5 Å². The summed E-state index contributed by atoms with van der Waals surface area (Å²) < 4.78 is 11.2. The van der Waals surface area contributed by atoms with Crippen molar-refractivity contribution in [1.29, 1.82) is 0 Å². The highest BCUT2D eigenvalue weighted by Crippen LogP contribution is 2.39. The molecule has 1 N–H and O–H groups in total. The average Bonchev–Trinajstić information content (AvgIpc) is 3.10. The van der Waals surface area contributed by atoms with E-state index in [2.05, 4.69) is 4.90 Å². The quantitative estimate of drug-likeness (QED) is 0.365. The topological polar surface area (TPSA) is 79.3 Å². The van der Waals surface area contributed by atoms with Crippen LogP contribution < -0.4 is 4.74 Å². The maximum atomic E-state index is 13.1. The number of nitrogens with zero attached hydrogens (tertiary/aromatic N) is 2. The standard InChI is InChI=1S/C27H32N2O5/c1-19(2)34-22-11-9-20(10-12-22)24-23(25(30)21-7-4-3-5-8-21)26(31)27(32)29(24)14-6-13-28-15-17-33-18-16-28/h3-5,7-12,19,24,30H,6,13-18H2,1-2H3/t24-/m0/s1. The maximum absolute atomic E-state index is 13.1. The third-order valence-corrected chi connectivity index (χ3v) is 6.13. The van der Waals surface area contributed by atoms with Gasteiger partial charge in [-0.2, -0.15) is 0 Å². The van der Waals surface area contributed by atoms with Crippen molar-refractivity contribution < 1.29 is 24.2 Å². The number of carbonyl (C=O) groups is 2. The van der Waals surface area contributed by atoms with Gasteiger partial charge in [0, 0.05) is 31.7 Å². The average molecular weight is 465 g/mol. The Morgan fingerprint density at radius 2 is 1.71 bits per heavy atom. The monoisotopic (exact) mass is 464 g/mol. The summed E-state index contributed by atoms with van der Waals surface area (Å²) >= 11 is 0. The minimum Gasteiger partial charge on any atom is -0.507 e. The first kappa shape index (κ1) is 24.0. The predicted octanol–water partition coefficient (Wildman–Crippen LogP) is 3.62. The van der Waals surface area contributed by atoms with Gasteiger partial charge in [-0.05, 0) is 38.0 Å². The lowest BCUT2D eigenvalue weighted by Gasteiger charge is -2.29. The van der Waals surface area contributed by atoms with Gasteiger partial charge in [0.05, 0.1) is 30.9 Å². The molecule has 2 aromatic rings. The van der Waals surface area contributed by atoms with Crippen molar-refractivity contribution in [2.75, 3.05) is 39.4 Å². The first-order valence-electron chi connectivity index (χ1n) is 11.9. The van der Waals surface area contributed by atoms with Gasteiger partial charge in [0.25, 0.3) is 11.7 Å². The van der Waals surface area contributed by atoms with Crippen molar-refractivity contribution in [2.24, 2.45) is 0 Å². The fourth-order valence-electron chi connectivity index (χ4n) is 4.50. The largest absolute Gasteiger partial charge is 0.507 e. The van der Waals surface area contributed by atoms with Crippen LogP contribution in [0.2, 0.25) is 0 Å². The molecule has 2 aliphatic heterocycles. The highest BCUT2D eigenvalue weighted by atomic mass is 16.5. The Kier molecular flexibility index (Phi) is 7.65. The number of rotatable bonds is 8. The minimum atomic E-state index is -0.655. The molecule has 1 amide bonds. The van der Waals surface area contributed by atoms with Crippen molar-refractivity contribution >= 4 is 17.4 Å². The van der Waals surface area contributed by atoms with Crippen molar-refractivity contribution in [3.05, 3.63) is 71.3 Å². The number of carbonyl (C=O) groups excluding carboxylic acids is 2. The molecule has 2 aliphatic rings. The van der Waals surface area contributed by atoms with Gasteiger partial charge in [-0.25, -0.2) is 0 Å². The predicted molar refractivity (Wildman–Crippen MR) is 130 cm³/mol. The lowest BCUT2D eigenvalue weighted by atomic mass is 9.95. The Morgan fingerprint density at radius 1 is 1.03 bits per heavy atom. The third-order valence-electron chi connectivity index (χ3n) is 6.13. The summed E-state index contributed by atoms with van der Waals surface area (Å²) in [6, 6.07) is 15.6. The molecule has 2 aromatic carbocycles. The van der Waals surface area contributed by atoms with E-state index in [4.69, 9.17) is 9.47 Å². The molecule has 4 rings (SSSR count). The van der Waals surface area contributed by atoms with Crippen molar-refractivity contribution in [3.63, 3.8) is 0 Å². The molecule has 7 nitrogen and oxygen atoms in total. The molecular weight excluding hydrogens is 432 g/mol. The molecule has 1 atom stereocenters. The molecule has 2 heterocycles. The second-order valence-electron chi connectivity index (χ2n) is 8.90. The van der Waals surface area contributed by atoms with Crippen LogP contribution in [0.1, 0.15) is 37.4 Å². The van der Waals surface area contributed by atoms with Crippen molar-refractivity contribution in [3.8, 4) is 5.75 Å². The number of hydrogen-bond donors (Lipinski definition) is 1. The smallest absolute Gasteiger partial charge is 0.295 e. The van der Waals surface area contributed by atoms with E-state index in [-0.39, 0.29) is 17.4 Å². The number of amides is 1. The van der Waals surface area contributed by atoms with Gasteiger partial charge in [-0.1, -0.05) is 42.5 Å². The van der Waals surface area contributed by atoms with Gasteiger partial charge in [-0.15, -0.1) is 0 Å². The number of benzene rings is 2. The van der Waals surface area contributed by atoms with Gasteiger partial charge in [0.2, 0.25) is 0 Å². The second kappa shape index (κ2) is 10.8. The highest BCUT2D eigenvalue weighted by molar-refractivity contribution is 6.46. The van der Waals surface area contributed by atoms with Crippen LogP contribution in [0.3, 0.4) is 0 Å². The number of Topliss-reactive ketones (excluding diaryl/α,β-unsaturated/α-hetero) is 1. The number of aliphatic hydroxyl groups is 1. The normalized spacial score (nSPS) is 20.8. The van der Waals surface area contributed by atoms with E-state index in [0.717, 1.165) is 31.6 Å². The minimum absolute atomic E-state index is 0.0368. The van der Waals surface area contributed by atoms with E-state index in [1.165, 1.54) is 0 Å². The van der Waals surface area contributed by atoms with Gasteiger partial charge in [0.1, 0.15) is 11.5 Å². The van der Waals surface area contributed by atoms with Crippen LogP contribution in [0.25, 0.3) is 5.76 Å². The summed E-state index contributed by atoms with van der Waals surface area (Å²) in [6.45, 7) is 8.32. The van der Waals surface area contributed by atoms with Crippen LogP contribution in [0.15, 0.2) is 60.2 Å². The highest BCUT2D eigenvalue weighted by Gasteiger charge is 2.45. The lowest BCUT2D eigenvalue weighted by molar-refractivity contribution is -0.140. The fraction of sp³-hybridized carbons (Fsp3) is 0.407. The molecule has 0 spiro atoms. The van der Waals surface area contributed by atoms with E-state index in [1.807, 2.05) is 44.2 Å². The first-order valence-corrected chi connectivity index (χ1v) is 11.9. The molecule has 0 saturated carbocycles. The molecule has 0 radical (unpaired) electrons. The summed E-state index contributed by atoms with van der Waals surface area (Å²) in [4.78, 5) is 30.1. The fourth-order valence-corrected chi connectivity index (χ4v) is 4.50. The number of hydrogen-bond acceptors (Lipinski definition) is 6. The maximum Gasteiger partial charge on any atom is 0.295 e. The molecule has 0 aromatic heterocycles. The zero-order valence-electron chi connectivity index (χ0n) is 19.8. The number of likely N-dealkylation sites (tertiary alicyclic amines) is 1. The molecule has 0 unspecified atom stereocenters. The molecule has 2 saturated heterocycles. The summed E-state index contributed by atoms with van der Waals surface area (Å²) in [6.07, 6.45) is 0.762. The Hall–Kier alpha value is -3.16. The van der Waals surface area contributed by atoms with Gasteiger partial charge in [0.15, 0.2) is 0 Å². The molecule has 0 bridgehead atoms. The zero-order chi connectivity index (χ0) is 24.1. The van der Waals surface area contributed by atoms with E-state index >= 15 is 0 Å². The molecule has 0 aliphatic carbocycles. The van der Waals surface area contributed by atoms with Gasteiger partial charge < -0.3 is 19.5 Å². The second-order valence-corrected chi connectivity index (χ2v) is 8.90. The van der Waals surface area contributed by atoms with Gasteiger partial charge >= 0.3 is 0 Å². The summed E-state index contributed by atoms with van der Waals surface area (Å²) in [5.74, 6) is -0.666. The Balaban J connectivity index is 1.64. The van der Waals surface area contributed by atoms with Crippen LogP contribution in [0.5, 0.6) is 5.75 Å². The zero-order valence-corrected chi connectivity index (χ0v) is 19.8. The van der Waals surface area contributed by atoms with E-state index in [0.29, 0.717) is 31.1 Å². The Bertz CT molecular complexity index is 1030. The van der Waals surface area contributed by atoms with Crippen molar-refractivity contribution in [1.82, 2.24) is 9.80 Å². The van der Waals surface area contributed by atoms with E-state index in [1.54, 1.807) is 29.2 Å². The Labute approximate surface area is 200 Å². The van der Waals surface area contributed by atoms with Crippen LogP contribution in [0.4, 0.5) is 0 Å². The molecule has 7 heteroatoms. The molecule has 2 fully saturated rings. The van der Waals surface area contributed by atoms with Crippen LogP contribution >= 0.6 is 0 Å².